The maximum atomic E-state index is 12.7. The predicted octanol–water partition coefficient (Wildman–Crippen LogP) is 3.66. The summed E-state index contributed by atoms with van der Waals surface area (Å²) in [6, 6.07) is 0. The van der Waals surface area contributed by atoms with E-state index in [2.05, 4.69) is 12.7 Å². The Labute approximate surface area is 129 Å². The standard InChI is InChI=1S/C17H27NO2S/c1-3-4-5-6-7-8-11-16-12-9-10-13-17(16,2)21(19,20)18-14-15-18/h3,9-10,12-13,16H,1,4-8,11,14-15H2,2H3. The summed E-state index contributed by atoms with van der Waals surface area (Å²) in [6.07, 6.45) is 16.4. The van der Waals surface area contributed by atoms with Crippen molar-refractivity contribution in [2.75, 3.05) is 13.1 Å². The van der Waals surface area contributed by atoms with Crippen molar-refractivity contribution in [3.8, 4) is 0 Å². The molecular weight excluding hydrogens is 282 g/mol. The first kappa shape index (κ1) is 16.5. The highest BCUT2D eigenvalue weighted by atomic mass is 32.2. The maximum absolute atomic E-state index is 12.7. The van der Waals surface area contributed by atoms with E-state index in [9.17, 15) is 8.42 Å². The highest BCUT2D eigenvalue weighted by Gasteiger charge is 2.49. The van der Waals surface area contributed by atoms with E-state index < -0.39 is 14.8 Å². The van der Waals surface area contributed by atoms with Gasteiger partial charge in [0, 0.05) is 19.0 Å². The molecule has 21 heavy (non-hydrogen) atoms. The SMILES string of the molecule is C=CCCCCCCC1C=CC=CC1(C)S(=O)(=O)N1CC1. The lowest BCUT2D eigenvalue weighted by Gasteiger charge is -2.35. The van der Waals surface area contributed by atoms with Gasteiger partial charge in [-0.3, -0.25) is 0 Å². The summed E-state index contributed by atoms with van der Waals surface area (Å²) >= 11 is 0. The molecule has 1 heterocycles. The lowest BCUT2D eigenvalue weighted by Crippen LogP contribution is -2.44. The average Bonchev–Trinajstić information content (AvgIpc) is 3.29. The summed E-state index contributed by atoms with van der Waals surface area (Å²) < 4.78 is 26.2. The molecule has 0 saturated carbocycles. The summed E-state index contributed by atoms with van der Waals surface area (Å²) in [5.74, 6) is 0.0903. The summed E-state index contributed by atoms with van der Waals surface area (Å²) in [7, 11) is -3.21. The quantitative estimate of drug-likeness (QED) is 0.370. The van der Waals surface area contributed by atoms with Gasteiger partial charge in [-0.15, -0.1) is 6.58 Å². The molecule has 1 aliphatic heterocycles. The van der Waals surface area contributed by atoms with Crippen LogP contribution < -0.4 is 0 Å². The van der Waals surface area contributed by atoms with Gasteiger partial charge in [0.1, 0.15) is 4.75 Å². The predicted molar refractivity (Wildman–Crippen MR) is 88.6 cm³/mol. The van der Waals surface area contributed by atoms with Gasteiger partial charge in [-0.05, 0) is 26.2 Å². The van der Waals surface area contributed by atoms with E-state index in [1.165, 1.54) is 19.3 Å². The van der Waals surface area contributed by atoms with Crippen LogP contribution in [0, 0.1) is 5.92 Å². The molecule has 0 N–H and O–H groups in total. The number of nitrogens with zero attached hydrogens (tertiary/aromatic N) is 1. The van der Waals surface area contributed by atoms with Gasteiger partial charge in [0.2, 0.25) is 10.0 Å². The molecule has 0 aromatic rings. The minimum absolute atomic E-state index is 0.0903. The van der Waals surface area contributed by atoms with E-state index in [-0.39, 0.29) is 5.92 Å². The van der Waals surface area contributed by atoms with Gasteiger partial charge in [0.05, 0.1) is 0 Å². The van der Waals surface area contributed by atoms with E-state index in [1.807, 2.05) is 31.2 Å². The minimum Gasteiger partial charge on any atom is -0.211 e. The van der Waals surface area contributed by atoms with Gasteiger partial charge in [-0.25, -0.2) is 8.42 Å². The summed E-state index contributed by atoms with van der Waals surface area (Å²) in [5.41, 5.74) is 0. The van der Waals surface area contributed by atoms with Crippen LogP contribution in [-0.2, 0) is 10.0 Å². The molecule has 2 atom stereocenters. The Bertz CT molecular complexity index is 517. The summed E-state index contributed by atoms with van der Waals surface area (Å²) in [5, 5.41) is 0. The Hall–Kier alpha value is -0.870. The zero-order valence-corrected chi connectivity index (χ0v) is 13.8. The van der Waals surface area contributed by atoms with Crippen molar-refractivity contribution in [1.29, 1.82) is 0 Å². The molecular formula is C17H27NO2S. The van der Waals surface area contributed by atoms with Crippen LogP contribution in [0.5, 0.6) is 0 Å². The highest BCUT2D eigenvalue weighted by molar-refractivity contribution is 7.90. The van der Waals surface area contributed by atoms with Crippen molar-refractivity contribution in [2.24, 2.45) is 5.92 Å². The monoisotopic (exact) mass is 309 g/mol. The average molecular weight is 309 g/mol. The second kappa shape index (κ2) is 6.93. The van der Waals surface area contributed by atoms with Crippen LogP contribution in [0.4, 0.5) is 0 Å². The van der Waals surface area contributed by atoms with Gasteiger partial charge in [-0.1, -0.05) is 49.6 Å². The Kier molecular flexibility index (Phi) is 5.44. The first-order chi connectivity index (χ1) is 10.0. The molecule has 2 unspecified atom stereocenters. The minimum atomic E-state index is -3.21. The number of hydrogen-bond donors (Lipinski definition) is 0. The second-order valence-electron chi connectivity index (χ2n) is 6.22. The molecule has 1 saturated heterocycles. The van der Waals surface area contributed by atoms with Crippen molar-refractivity contribution in [1.82, 2.24) is 4.31 Å². The topological polar surface area (TPSA) is 37.1 Å². The van der Waals surface area contributed by atoms with Crippen molar-refractivity contribution < 1.29 is 8.42 Å². The van der Waals surface area contributed by atoms with Crippen LogP contribution in [0.15, 0.2) is 37.0 Å². The van der Waals surface area contributed by atoms with Crippen LogP contribution in [0.25, 0.3) is 0 Å². The molecule has 1 aliphatic carbocycles. The molecule has 118 valence electrons. The number of sulfonamides is 1. The fourth-order valence-corrected chi connectivity index (χ4v) is 4.93. The van der Waals surface area contributed by atoms with Crippen LogP contribution >= 0.6 is 0 Å². The molecule has 2 rings (SSSR count). The number of hydrogen-bond acceptors (Lipinski definition) is 2. The molecule has 0 radical (unpaired) electrons. The fourth-order valence-electron chi connectivity index (χ4n) is 2.99. The zero-order chi connectivity index (χ0) is 15.3. The highest BCUT2D eigenvalue weighted by Crippen LogP contribution is 2.39. The largest absolute Gasteiger partial charge is 0.223 e. The maximum Gasteiger partial charge on any atom is 0.223 e. The van der Waals surface area contributed by atoms with E-state index in [4.69, 9.17) is 0 Å². The molecule has 1 fully saturated rings. The van der Waals surface area contributed by atoms with Crippen LogP contribution in [-0.4, -0.2) is 30.6 Å². The van der Waals surface area contributed by atoms with E-state index >= 15 is 0 Å². The number of allylic oxidation sites excluding steroid dienone is 4. The van der Waals surface area contributed by atoms with Gasteiger partial charge in [0.25, 0.3) is 0 Å². The fraction of sp³-hybridized carbons (Fsp3) is 0.647. The summed E-state index contributed by atoms with van der Waals surface area (Å²) in [4.78, 5) is 0. The second-order valence-corrected chi connectivity index (χ2v) is 8.56. The van der Waals surface area contributed by atoms with Crippen LogP contribution in [0.1, 0.15) is 45.4 Å². The third kappa shape index (κ3) is 3.67. The third-order valence-corrected chi connectivity index (χ3v) is 7.19. The van der Waals surface area contributed by atoms with Gasteiger partial charge < -0.3 is 0 Å². The molecule has 0 bridgehead atoms. The first-order valence-electron chi connectivity index (χ1n) is 7.99. The van der Waals surface area contributed by atoms with Crippen LogP contribution in [0.2, 0.25) is 0 Å². The van der Waals surface area contributed by atoms with E-state index in [1.54, 1.807) is 4.31 Å². The van der Waals surface area contributed by atoms with Crippen molar-refractivity contribution in [2.45, 2.75) is 50.2 Å². The third-order valence-electron chi connectivity index (χ3n) is 4.59. The first-order valence-corrected chi connectivity index (χ1v) is 9.43. The van der Waals surface area contributed by atoms with E-state index in [0.717, 1.165) is 19.3 Å². The molecule has 0 amide bonds. The van der Waals surface area contributed by atoms with Crippen molar-refractivity contribution in [3.05, 3.63) is 37.0 Å². The smallest absolute Gasteiger partial charge is 0.211 e. The number of unbranched alkanes of at least 4 members (excludes halogenated alkanes) is 4. The van der Waals surface area contributed by atoms with Crippen molar-refractivity contribution >= 4 is 10.0 Å². The zero-order valence-electron chi connectivity index (χ0n) is 13.0. The molecule has 0 aromatic heterocycles. The Morgan fingerprint density at radius 1 is 1.24 bits per heavy atom. The molecule has 3 nitrogen and oxygen atoms in total. The molecule has 0 spiro atoms. The lowest BCUT2D eigenvalue weighted by molar-refractivity contribution is 0.431. The van der Waals surface area contributed by atoms with Gasteiger partial charge in [0.15, 0.2) is 0 Å². The Morgan fingerprint density at radius 3 is 2.62 bits per heavy atom. The normalized spacial score (nSPS) is 28.7. The summed E-state index contributed by atoms with van der Waals surface area (Å²) in [6.45, 7) is 6.98. The Morgan fingerprint density at radius 2 is 1.95 bits per heavy atom. The van der Waals surface area contributed by atoms with Gasteiger partial charge >= 0.3 is 0 Å². The van der Waals surface area contributed by atoms with E-state index in [0.29, 0.717) is 13.1 Å². The molecule has 0 aromatic carbocycles. The Balaban J connectivity index is 1.92. The molecule has 2 aliphatic rings. The van der Waals surface area contributed by atoms with Crippen LogP contribution in [0.3, 0.4) is 0 Å². The van der Waals surface area contributed by atoms with Crippen molar-refractivity contribution in [3.63, 3.8) is 0 Å². The number of rotatable bonds is 9. The lowest BCUT2D eigenvalue weighted by atomic mass is 9.85. The van der Waals surface area contributed by atoms with Gasteiger partial charge in [-0.2, -0.15) is 4.31 Å². The molecule has 4 heteroatoms.